The summed E-state index contributed by atoms with van der Waals surface area (Å²) in [6.45, 7) is 6.75. The van der Waals surface area contributed by atoms with Gasteiger partial charge >= 0.3 is 0 Å². The molecule has 4 nitrogen and oxygen atoms in total. The summed E-state index contributed by atoms with van der Waals surface area (Å²) in [6, 6.07) is 5.68. The minimum Gasteiger partial charge on any atom is -0.491 e. The number of hydrogen-bond donors (Lipinski definition) is 2. The first-order chi connectivity index (χ1) is 8.24. The van der Waals surface area contributed by atoms with Crippen LogP contribution in [0.3, 0.4) is 0 Å². The summed E-state index contributed by atoms with van der Waals surface area (Å²) in [6.07, 6.45) is 0. The number of benzene rings is 1. The molecule has 0 aliphatic heterocycles. The molecule has 0 aliphatic carbocycles. The normalized spacial score (nSPS) is 11.7. The maximum Gasteiger partial charge on any atom is 0.130 e. The summed E-state index contributed by atoms with van der Waals surface area (Å²) >= 11 is 0. The topological polar surface area (TPSA) is 62.3 Å². The van der Waals surface area contributed by atoms with Crippen LogP contribution in [0.2, 0.25) is 0 Å². The second-order valence-corrected chi connectivity index (χ2v) is 5.41. The Balaban J connectivity index is 2.90. The predicted octanol–water partition coefficient (Wildman–Crippen LogP) is 2.00. The molecule has 3 N–H and O–H groups in total. The second-order valence-electron chi connectivity index (χ2n) is 5.41. The van der Waals surface area contributed by atoms with E-state index in [0.29, 0.717) is 17.9 Å². The van der Waals surface area contributed by atoms with Crippen molar-refractivity contribution in [1.82, 2.24) is 4.90 Å². The van der Waals surface area contributed by atoms with E-state index in [1.54, 1.807) is 0 Å². The average molecular weight is 249 g/mol. The Morgan fingerprint density at radius 3 is 2.50 bits per heavy atom. The van der Waals surface area contributed by atoms with Gasteiger partial charge in [0.05, 0.1) is 5.56 Å². The fraction of sp³-hybridized carbons (Fsp3) is 0.500. The zero-order chi connectivity index (χ0) is 13.9. The van der Waals surface area contributed by atoms with Crippen LogP contribution in [0.25, 0.3) is 0 Å². The number of aryl methyl sites for hydroxylation is 1. The Morgan fingerprint density at radius 2 is 2.00 bits per heavy atom. The highest BCUT2D eigenvalue weighted by Gasteiger charge is 2.22. The zero-order valence-corrected chi connectivity index (χ0v) is 11.9. The van der Waals surface area contributed by atoms with Crippen molar-refractivity contribution in [2.75, 3.05) is 20.7 Å². The summed E-state index contributed by atoms with van der Waals surface area (Å²) in [4.78, 5) is 2.11. The van der Waals surface area contributed by atoms with Gasteiger partial charge in [0.15, 0.2) is 0 Å². The SMILES string of the molecule is Cc1ccc(C(=N)N)c(OCC(C)(C)N(C)C)c1. The molecule has 0 aromatic heterocycles. The maximum atomic E-state index is 7.55. The molecule has 100 valence electrons. The van der Waals surface area contributed by atoms with Crippen LogP contribution in [0.1, 0.15) is 25.0 Å². The molecular formula is C14H23N3O. The highest BCUT2D eigenvalue weighted by atomic mass is 16.5. The van der Waals surface area contributed by atoms with Crippen molar-refractivity contribution in [2.45, 2.75) is 26.3 Å². The fourth-order valence-corrected chi connectivity index (χ4v) is 1.35. The second kappa shape index (κ2) is 5.40. The van der Waals surface area contributed by atoms with Crippen molar-refractivity contribution >= 4 is 5.84 Å². The molecule has 0 amide bonds. The Bertz CT molecular complexity index is 439. The van der Waals surface area contributed by atoms with E-state index in [-0.39, 0.29) is 11.4 Å². The lowest BCUT2D eigenvalue weighted by Crippen LogP contribution is -2.43. The lowest BCUT2D eigenvalue weighted by molar-refractivity contribution is 0.114. The molecule has 1 aromatic rings. The van der Waals surface area contributed by atoms with Crippen LogP contribution in [0.5, 0.6) is 5.75 Å². The number of rotatable bonds is 5. The molecule has 0 bridgehead atoms. The van der Waals surface area contributed by atoms with E-state index in [2.05, 4.69) is 18.7 Å². The van der Waals surface area contributed by atoms with Crippen LogP contribution in [0, 0.1) is 12.3 Å². The number of hydrogen-bond acceptors (Lipinski definition) is 3. The molecule has 0 radical (unpaired) electrons. The van der Waals surface area contributed by atoms with Crippen molar-refractivity contribution in [1.29, 1.82) is 5.41 Å². The third kappa shape index (κ3) is 3.47. The Morgan fingerprint density at radius 1 is 1.39 bits per heavy atom. The minimum atomic E-state index is -0.0716. The van der Waals surface area contributed by atoms with Crippen molar-refractivity contribution in [2.24, 2.45) is 5.73 Å². The lowest BCUT2D eigenvalue weighted by atomic mass is 10.1. The van der Waals surface area contributed by atoms with E-state index in [0.717, 1.165) is 5.56 Å². The molecule has 1 aromatic carbocycles. The van der Waals surface area contributed by atoms with Crippen LogP contribution in [-0.2, 0) is 0 Å². The molecule has 4 heteroatoms. The summed E-state index contributed by atoms with van der Waals surface area (Å²) in [5, 5.41) is 7.55. The number of amidine groups is 1. The third-order valence-corrected chi connectivity index (χ3v) is 3.22. The molecule has 0 fully saturated rings. The fourth-order valence-electron chi connectivity index (χ4n) is 1.35. The van der Waals surface area contributed by atoms with E-state index >= 15 is 0 Å². The van der Waals surface area contributed by atoms with E-state index in [1.807, 2.05) is 39.2 Å². The Hall–Kier alpha value is -1.55. The summed E-state index contributed by atoms with van der Waals surface area (Å²) in [5.41, 5.74) is 7.23. The summed E-state index contributed by atoms with van der Waals surface area (Å²) in [7, 11) is 4.04. The van der Waals surface area contributed by atoms with Gasteiger partial charge in [-0.15, -0.1) is 0 Å². The quantitative estimate of drug-likeness (QED) is 0.619. The van der Waals surface area contributed by atoms with E-state index < -0.39 is 0 Å². The van der Waals surface area contributed by atoms with Gasteiger partial charge in [0, 0.05) is 5.54 Å². The van der Waals surface area contributed by atoms with Crippen molar-refractivity contribution < 1.29 is 4.74 Å². The first kappa shape index (κ1) is 14.5. The van der Waals surface area contributed by atoms with Crippen LogP contribution in [0.15, 0.2) is 18.2 Å². The van der Waals surface area contributed by atoms with E-state index in [1.165, 1.54) is 0 Å². The van der Waals surface area contributed by atoms with Crippen LogP contribution >= 0.6 is 0 Å². The summed E-state index contributed by atoms with van der Waals surface area (Å²) in [5.74, 6) is 0.713. The molecule has 0 heterocycles. The van der Waals surface area contributed by atoms with Gasteiger partial charge in [0.1, 0.15) is 18.2 Å². The van der Waals surface area contributed by atoms with Gasteiger partial charge in [0.2, 0.25) is 0 Å². The number of nitrogen functional groups attached to an aromatic ring is 1. The Labute approximate surface area is 109 Å². The minimum absolute atomic E-state index is 0.0349. The van der Waals surface area contributed by atoms with Gasteiger partial charge in [-0.2, -0.15) is 0 Å². The molecule has 0 saturated carbocycles. The lowest BCUT2D eigenvalue weighted by Gasteiger charge is -2.32. The molecule has 0 spiro atoms. The molecule has 0 atom stereocenters. The van der Waals surface area contributed by atoms with Crippen LogP contribution < -0.4 is 10.5 Å². The maximum absolute atomic E-state index is 7.55. The van der Waals surface area contributed by atoms with Crippen molar-refractivity contribution in [3.05, 3.63) is 29.3 Å². The molecule has 18 heavy (non-hydrogen) atoms. The first-order valence-electron chi connectivity index (χ1n) is 5.99. The van der Waals surface area contributed by atoms with E-state index in [4.69, 9.17) is 15.9 Å². The van der Waals surface area contributed by atoms with Gasteiger partial charge in [0.25, 0.3) is 0 Å². The smallest absolute Gasteiger partial charge is 0.130 e. The van der Waals surface area contributed by atoms with Crippen molar-refractivity contribution in [3.8, 4) is 5.75 Å². The van der Waals surface area contributed by atoms with E-state index in [9.17, 15) is 0 Å². The Kier molecular flexibility index (Phi) is 4.35. The number of nitrogens with zero attached hydrogens (tertiary/aromatic N) is 1. The largest absolute Gasteiger partial charge is 0.491 e. The molecule has 0 aliphatic rings. The first-order valence-corrected chi connectivity index (χ1v) is 5.99. The standard InChI is InChI=1S/C14H23N3O/c1-10-6-7-11(13(15)16)12(8-10)18-9-14(2,3)17(4)5/h6-8H,9H2,1-5H3,(H3,15,16). The predicted molar refractivity (Wildman–Crippen MR) is 75.5 cm³/mol. The van der Waals surface area contributed by atoms with Crippen LogP contribution in [-0.4, -0.2) is 37.0 Å². The number of ether oxygens (including phenoxy) is 1. The van der Waals surface area contributed by atoms with Gasteiger partial charge in [-0.1, -0.05) is 6.07 Å². The molecule has 1 rings (SSSR count). The zero-order valence-electron chi connectivity index (χ0n) is 11.9. The average Bonchev–Trinajstić information content (AvgIpc) is 2.26. The van der Waals surface area contributed by atoms with Gasteiger partial charge in [-0.3, -0.25) is 5.41 Å². The van der Waals surface area contributed by atoms with Gasteiger partial charge < -0.3 is 15.4 Å². The molecular weight excluding hydrogens is 226 g/mol. The highest BCUT2D eigenvalue weighted by molar-refractivity contribution is 5.97. The highest BCUT2D eigenvalue weighted by Crippen LogP contribution is 2.22. The van der Waals surface area contributed by atoms with Crippen molar-refractivity contribution in [3.63, 3.8) is 0 Å². The van der Waals surface area contributed by atoms with Gasteiger partial charge in [-0.05, 0) is 52.6 Å². The molecule has 0 saturated heterocycles. The summed E-state index contributed by atoms with van der Waals surface area (Å²) < 4.78 is 5.84. The number of likely N-dealkylation sites (N-methyl/N-ethyl adjacent to an activating group) is 1. The van der Waals surface area contributed by atoms with Crippen LogP contribution in [0.4, 0.5) is 0 Å². The monoisotopic (exact) mass is 249 g/mol. The van der Waals surface area contributed by atoms with Gasteiger partial charge in [-0.25, -0.2) is 0 Å². The third-order valence-electron chi connectivity index (χ3n) is 3.22. The number of nitrogens with one attached hydrogen (secondary N) is 1. The molecule has 0 unspecified atom stereocenters. The number of nitrogens with two attached hydrogens (primary N) is 1.